The van der Waals surface area contributed by atoms with Gasteiger partial charge in [0.25, 0.3) is 5.91 Å². The van der Waals surface area contributed by atoms with Crippen molar-refractivity contribution >= 4 is 22.4 Å². The largest absolute Gasteiger partial charge is 0.375 e. The maximum absolute atomic E-state index is 12.0. The van der Waals surface area contributed by atoms with Gasteiger partial charge in [0, 0.05) is 6.20 Å². The second kappa shape index (κ2) is 5.14. The van der Waals surface area contributed by atoms with Crippen molar-refractivity contribution in [3.63, 3.8) is 0 Å². The Balaban J connectivity index is 2.10. The summed E-state index contributed by atoms with van der Waals surface area (Å²) in [4.78, 5) is 20.8. The fourth-order valence-corrected chi connectivity index (χ4v) is 2.33. The van der Waals surface area contributed by atoms with Gasteiger partial charge in [0.05, 0.1) is 17.4 Å². The van der Waals surface area contributed by atoms with Crippen molar-refractivity contribution in [2.75, 3.05) is 5.73 Å². The number of carbonyl (C=O) groups excluding carboxylic acids is 1. The summed E-state index contributed by atoms with van der Waals surface area (Å²) in [7, 11) is 0. The van der Waals surface area contributed by atoms with Gasteiger partial charge in [-0.05, 0) is 26.0 Å². The van der Waals surface area contributed by atoms with E-state index in [0.717, 1.165) is 5.69 Å². The molecule has 0 radical (unpaired) electrons. The smallest absolute Gasteiger partial charge is 0.263 e. The highest BCUT2D eigenvalue weighted by Gasteiger charge is 2.17. The molecule has 0 spiro atoms. The van der Waals surface area contributed by atoms with E-state index in [1.807, 2.05) is 25.1 Å². The second-order valence-electron chi connectivity index (χ2n) is 3.92. The van der Waals surface area contributed by atoms with Crippen molar-refractivity contribution in [3.8, 4) is 0 Å². The minimum absolute atomic E-state index is 0.151. The number of amides is 1. The van der Waals surface area contributed by atoms with Crippen LogP contribution in [0.25, 0.3) is 0 Å². The molecule has 0 fully saturated rings. The number of hydrogen-bond donors (Lipinski definition) is 2. The van der Waals surface area contributed by atoms with E-state index in [1.165, 1.54) is 11.3 Å². The molecule has 0 unspecified atom stereocenters. The van der Waals surface area contributed by atoms with E-state index >= 15 is 0 Å². The van der Waals surface area contributed by atoms with Gasteiger partial charge in [-0.2, -0.15) is 0 Å². The Morgan fingerprint density at radius 3 is 2.83 bits per heavy atom. The molecule has 0 saturated heterocycles. The van der Waals surface area contributed by atoms with Crippen LogP contribution in [0.3, 0.4) is 0 Å². The molecular weight excluding hydrogens is 248 g/mol. The van der Waals surface area contributed by atoms with Crippen molar-refractivity contribution < 1.29 is 4.79 Å². The maximum Gasteiger partial charge on any atom is 0.263 e. The third-order valence-electron chi connectivity index (χ3n) is 2.50. The van der Waals surface area contributed by atoms with E-state index < -0.39 is 0 Å². The third kappa shape index (κ3) is 2.65. The zero-order valence-corrected chi connectivity index (χ0v) is 11.0. The molecule has 2 aromatic rings. The van der Waals surface area contributed by atoms with E-state index in [2.05, 4.69) is 15.3 Å². The molecule has 0 saturated carbocycles. The molecule has 2 rings (SSSR count). The van der Waals surface area contributed by atoms with E-state index in [0.29, 0.717) is 15.7 Å². The minimum atomic E-state index is -0.167. The highest BCUT2D eigenvalue weighted by atomic mass is 32.1. The van der Waals surface area contributed by atoms with E-state index in [1.54, 1.807) is 13.1 Å². The van der Waals surface area contributed by atoms with Crippen LogP contribution in [0.1, 0.15) is 34.0 Å². The summed E-state index contributed by atoms with van der Waals surface area (Å²) in [5, 5.41) is 3.29. The van der Waals surface area contributed by atoms with E-state index in [4.69, 9.17) is 5.73 Å². The summed E-state index contributed by atoms with van der Waals surface area (Å²) in [5.74, 6) is -0.167. The van der Waals surface area contributed by atoms with E-state index in [-0.39, 0.29) is 11.9 Å². The van der Waals surface area contributed by atoms with Gasteiger partial charge in [-0.25, -0.2) is 4.98 Å². The van der Waals surface area contributed by atoms with Gasteiger partial charge < -0.3 is 11.1 Å². The number of rotatable bonds is 3. The van der Waals surface area contributed by atoms with Gasteiger partial charge in [-0.3, -0.25) is 9.78 Å². The average Bonchev–Trinajstić information content (AvgIpc) is 2.69. The quantitative estimate of drug-likeness (QED) is 0.885. The molecule has 2 aromatic heterocycles. The summed E-state index contributed by atoms with van der Waals surface area (Å²) in [6.45, 7) is 3.66. The molecule has 18 heavy (non-hydrogen) atoms. The Hall–Kier alpha value is -1.95. The lowest BCUT2D eigenvalue weighted by atomic mass is 10.2. The Bertz CT molecular complexity index is 552. The number of aromatic nitrogens is 2. The second-order valence-corrected chi connectivity index (χ2v) is 4.95. The lowest BCUT2D eigenvalue weighted by Gasteiger charge is -2.12. The number of nitrogens with one attached hydrogen (secondary N) is 1. The van der Waals surface area contributed by atoms with Crippen LogP contribution in [0.4, 0.5) is 5.13 Å². The fourth-order valence-electron chi connectivity index (χ4n) is 1.60. The molecule has 0 aliphatic heterocycles. The van der Waals surface area contributed by atoms with Crippen LogP contribution in [0, 0.1) is 6.92 Å². The van der Waals surface area contributed by atoms with Gasteiger partial charge in [0.1, 0.15) is 4.88 Å². The Morgan fingerprint density at radius 2 is 2.28 bits per heavy atom. The number of nitrogen functional groups attached to an aromatic ring is 1. The Labute approximate surface area is 109 Å². The standard InChI is InChI=1S/C12H14N4OS/c1-7(9-5-3-4-6-14-9)15-11(17)10-8(2)16-12(13)18-10/h3-7H,1-2H3,(H2,13,16)(H,15,17)/t7-/m1/s1. The number of anilines is 1. The predicted octanol–water partition coefficient (Wildman–Crippen LogP) is 1.92. The maximum atomic E-state index is 12.0. The zero-order chi connectivity index (χ0) is 13.1. The van der Waals surface area contributed by atoms with Crippen LogP contribution in [0.2, 0.25) is 0 Å². The van der Waals surface area contributed by atoms with Gasteiger partial charge in [-0.15, -0.1) is 0 Å². The third-order valence-corrected chi connectivity index (χ3v) is 3.48. The van der Waals surface area contributed by atoms with Gasteiger partial charge in [0.15, 0.2) is 5.13 Å². The van der Waals surface area contributed by atoms with Crippen molar-refractivity contribution in [2.24, 2.45) is 0 Å². The van der Waals surface area contributed by atoms with Crippen molar-refractivity contribution in [3.05, 3.63) is 40.7 Å². The summed E-state index contributed by atoms with van der Waals surface area (Å²) in [6, 6.07) is 5.45. The molecule has 5 nitrogen and oxygen atoms in total. The van der Waals surface area contributed by atoms with Crippen LogP contribution >= 0.6 is 11.3 Å². The van der Waals surface area contributed by atoms with Crippen molar-refractivity contribution in [1.29, 1.82) is 0 Å². The summed E-state index contributed by atoms with van der Waals surface area (Å²) >= 11 is 1.19. The average molecular weight is 262 g/mol. The number of aryl methyl sites for hydroxylation is 1. The fraction of sp³-hybridized carbons (Fsp3) is 0.250. The normalized spacial score (nSPS) is 12.1. The van der Waals surface area contributed by atoms with Crippen LogP contribution < -0.4 is 11.1 Å². The van der Waals surface area contributed by atoms with E-state index in [9.17, 15) is 4.79 Å². The highest BCUT2D eigenvalue weighted by Crippen LogP contribution is 2.20. The highest BCUT2D eigenvalue weighted by molar-refractivity contribution is 7.17. The zero-order valence-electron chi connectivity index (χ0n) is 10.2. The molecule has 0 aromatic carbocycles. The SMILES string of the molecule is Cc1nc(N)sc1C(=O)N[C@H](C)c1ccccn1. The van der Waals surface area contributed by atoms with Crippen molar-refractivity contribution in [2.45, 2.75) is 19.9 Å². The number of hydrogen-bond acceptors (Lipinski definition) is 5. The number of pyridine rings is 1. The van der Waals surface area contributed by atoms with Crippen LogP contribution in [-0.4, -0.2) is 15.9 Å². The first kappa shape index (κ1) is 12.5. The van der Waals surface area contributed by atoms with Gasteiger partial charge in [0.2, 0.25) is 0 Å². The topological polar surface area (TPSA) is 80.9 Å². The lowest BCUT2D eigenvalue weighted by molar-refractivity contribution is 0.0942. The van der Waals surface area contributed by atoms with Crippen LogP contribution in [-0.2, 0) is 0 Å². The molecular formula is C12H14N4OS. The molecule has 1 atom stereocenters. The number of nitrogens with zero attached hydrogens (tertiary/aromatic N) is 2. The van der Waals surface area contributed by atoms with Crippen LogP contribution in [0.5, 0.6) is 0 Å². The first-order valence-corrected chi connectivity index (χ1v) is 6.34. The summed E-state index contributed by atoms with van der Waals surface area (Å²) in [6.07, 6.45) is 1.70. The molecule has 0 aliphatic carbocycles. The molecule has 3 N–H and O–H groups in total. The molecule has 0 aliphatic rings. The summed E-state index contributed by atoms with van der Waals surface area (Å²) in [5.41, 5.74) is 7.05. The lowest BCUT2D eigenvalue weighted by Crippen LogP contribution is -2.27. The van der Waals surface area contributed by atoms with Crippen LogP contribution in [0.15, 0.2) is 24.4 Å². The van der Waals surface area contributed by atoms with Crippen molar-refractivity contribution in [1.82, 2.24) is 15.3 Å². The summed E-state index contributed by atoms with van der Waals surface area (Å²) < 4.78 is 0. The first-order chi connectivity index (χ1) is 8.58. The number of thiazole rings is 1. The Morgan fingerprint density at radius 1 is 1.50 bits per heavy atom. The molecule has 1 amide bonds. The molecule has 0 bridgehead atoms. The first-order valence-electron chi connectivity index (χ1n) is 5.52. The molecule has 6 heteroatoms. The Kier molecular flexibility index (Phi) is 3.57. The monoisotopic (exact) mass is 262 g/mol. The molecule has 2 heterocycles. The predicted molar refractivity (Wildman–Crippen MR) is 71.4 cm³/mol. The minimum Gasteiger partial charge on any atom is -0.375 e. The van der Waals surface area contributed by atoms with Gasteiger partial charge >= 0.3 is 0 Å². The number of nitrogens with two attached hydrogens (primary N) is 1. The molecule has 94 valence electrons. The number of carbonyl (C=O) groups is 1. The van der Waals surface area contributed by atoms with Gasteiger partial charge in [-0.1, -0.05) is 17.4 Å².